The Kier molecular flexibility index (Phi) is 2.60. The van der Waals surface area contributed by atoms with Crippen LogP contribution in [0, 0.1) is 0 Å². The van der Waals surface area contributed by atoms with Crippen molar-refractivity contribution >= 4 is 17.3 Å². The smallest absolute Gasteiger partial charge is 0.193 e. The Labute approximate surface area is 93.7 Å². The van der Waals surface area contributed by atoms with E-state index in [1.54, 1.807) is 12.1 Å². The number of Topliss-reactive ketones (excluding diaryl/α,β-unsaturated/α-hetero) is 2. The Bertz CT molecular complexity index is 498. The molecule has 0 unspecified atom stereocenters. The van der Waals surface area contributed by atoms with Crippen LogP contribution in [0.2, 0.25) is 0 Å². The predicted molar refractivity (Wildman–Crippen MR) is 60.0 cm³/mol. The quantitative estimate of drug-likeness (QED) is 0.778. The van der Waals surface area contributed by atoms with E-state index in [9.17, 15) is 9.59 Å². The van der Waals surface area contributed by atoms with Crippen LogP contribution in [0.5, 0.6) is 0 Å². The lowest BCUT2D eigenvalue weighted by Crippen LogP contribution is -2.03. The number of rotatable bonds is 3. The zero-order valence-corrected chi connectivity index (χ0v) is 9.24. The third-order valence-electron chi connectivity index (χ3n) is 2.59. The van der Waals surface area contributed by atoms with Crippen molar-refractivity contribution in [2.24, 2.45) is 0 Å². The maximum atomic E-state index is 12.0. The molecule has 0 spiro atoms. The first-order chi connectivity index (χ1) is 7.65. The third kappa shape index (κ3) is 1.54. The number of ether oxygens (including phenoxy) is 1. The summed E-state index contributed by atoms with van der Waals surface area (Å²) < 4.78 is 5.23. The highest BCUT2D eigenvalue weighted by Crippen LogP contribution is 2.34. The van der Waals surface area contributed by atoms with Crippen molar-refractivity contribution in [1.29, 1.82) is 0 Å². The van der Waals surface area contributed by atoms with E-state index in [-0.39, 0.29) is 18.0 Å². The van der Waals surface area contributed by atoms with Crippen LogP contribution in [0.1, 0.15) is 29.3 Å². The van der Waals surface area contributed by atoms with Crippen molar-refractivity contribution in [2.45, 2.75) is 13.3 Å². The lowest BCUT2D eigenvalue weighted by molar-refractivity contribution is -0.116. The fourth-order valence-electron chi connectivity index (χ4n) is 1.95. The van der Waals surface area contributed by atoms with Gasteiger partial charge in [-0.3, -0.25) is 9.59 Å². The second kappa shape index (κ2) is 3.93. The largest absolute Gasteiger partial charge is 0.496 e. The lowest BCUT2D eigenvalue weighted by Gasteiger charge is -2.04. The molecule has 0 atom stereocenters. The maximum Gasteiger partial charge on any atom is 0.193 e. The van der Waals surface area contributed by atoms with Gasteiger partial charge in [-0.2, -0.15) is 0 Å². The Hall–Kier alpha value is -1.90. The molecule has 0 saturated heterocycles. The molecule has 0 amide bonds. The third-order valence-corrected chi connectivity index (χ3v) is 2.59. The molecule has 1 aliphatic rings. The van der Waals surface area contributed by atoms with Crippen LogP contribution in [-0.4, -0.2) is 18.7 Å². The first-order valence-electron chi connectivity index (χ1n) is 5.06. The van der Waals surface area contributed by atoms with Gasteiger partial charge in [0.2, 0.25) is 0 Å². The highest BCUT2D eigenvalue weighted by molar-refractivity contribution is 6.21. The normalized spacial score (nSPS) is 14.0. The maximum absolute atomic E-state index is 12.0. The number of carbonyl (C=O) groups excluding carboxylic acids is 2. The zero-order chi connectivity index (χ0) is 11.7. The number of benzene rings is 1. The molecule has 0 aliphatic heterocycles. The minimum atomic E-state index is -0.0948. The molecule has 1 aromatic rings. The molecule has 0 radical (unpaired) electrons. The number of carbonyl (C=O) groups is 2. The molecule has 3 nitrogen and oxygen atoms in total. The van der Waals surface area contributed by atoms with E-state index in [1.807, 2.05) is 12.1 Å². The SMILES string of the molecule is COC1=C(CC(C)=O)C(=O)c2ccccc21. The first-order valence-corrected chi connectivity index (χ1v) is 5.06. The van der Waals surface area contributed by atoms with Crippen molar-refractivity contribution in [1.82, 2.24) is 0 Å². The van der Waals surface area contributed by atoms with Crippen LogP contribution in [0.4, 0.5) is 0 Å². The second-order valence-corrected chi connectivity index (χ2v) is 3.77. The van der Waals surface area contributed by atoms with Crippen LogP contribution in [0.15, 0.2) is 29.8 Å². The van der Waals surface area contributed by atoms with Crippen molar-refractivity contribution < 1.29 is 14.3 Å². The second-order valence-electron chi connectivity index (χ2n) is 3.77. The van der Waals surface area contributed by atoms with Crippen LogP contribution >= 0.6 is 0 Å². The van der Waals surface area contributed by atoms with Crippen molar-refractivity contribution in [2.75, 3.05) is 7.11 Å². The Morgan fingerprint density at radius 1 is 1.25 bits per heavy atom. The average molecular weight is 216 g/mol. The van der Waals surface area contributed by atoms with Gasteiger partial charge in [-0.25, -0.2) is 0 Å². The molecule has 82 valence electrons. The number of allylic oxidation sites excluding steroid dienone is 1. The Morgan fingerprint density at radius 3 is 2.44 bits per heavy atom. The average Bonchev–Trinajstić information content (AvgIpc) is 2.52. The molecule has 0 saturated carbocycles. The van der Waals surface area contributed by atoms with Gasteiger partial charge in [-0.15, -0.1) is 0 Å². The predicted octanol–water partition coefficient (Wildman–Crippen LogP) is 2.22. The highest BCUT2D eigenvalue weighted by Gasteiger charge is 2.30. The minimum Gasteiger partial charge on any atom is -0.496 e. The molecule has 2 rings (SSSR count). The van der Waals surface area contributed by atoms with Gasteiger partial charge >= 0.3 is 0 Å². The van der Waals surface area contributed by atoms with Crippen LogP contribution in [0.25, 0.3) is 5.76 Å². The summed E-state index contributed by atoms with van der Waals surface area (Å²) in [4.78, 5) is 23.1. The molecule has 0 N–H and O–H groups in total. The van der Waals surface area contributed by atoms with Gasteiger partial charge in [0.15, 0.2) is 5.78 Å². The molecular formula is C13H12O3. The molecule has 0 heterocycles. The molecule has 1 aromatic carbocycles. The van der Waals surface area contributed by atoms with Gasteiger partial charge in [-0.05, 0) is 6.92 Å². The summed E-state index contributed by atoms with van der Waals surface area (Å²) in [5.41, 5.74) is 1.87. The molecule has 1 aliphatic carbocycles. The number of hydrogen-bond acceptors (Lipinski definition) is 3. The molecular weight excluding hydrogens is 204 g/mol. The number of hydrogen-bond donors (Lipinski definition) is 0. The van der Waals surface area contributed by atoms with Gasteiger partial charge in [0.05, 0.1) is 12.7 Å². The first kappa shape index (κ1) is 10.6. The van der Waals surface area contributed by atoms with Crippen LogP contribution in [0.3, 0.4) is 0 Å². The van der Waals surface area contributed by atoms with Crippen molar-refractivity contribution in [3.8, 4) is 0 Å². The Balaban J connectivity index is 2.53. The summed E-state index contributed by atoms with van der Waals surface area (Å²) >= 11 is 0. The van der Waals surface area contributed by atoms with Crippen LogP contribution in [-0.2, 0) is 9.53 Å². The number of methoxy groups -OCH3 is 1. The number of ketones is 2. The molecule has 3 heteroatoms. The van der Waals surface area contributed by atoms with Gasteiger partial charge in [0.1, 0.15) is 11.5 Å². The van der Waals surface area contributed by atoms with E-state index in [1.165, 1.54) is 14.0 Å². The highest BCUT2D eigenvalue weighted by atomic mass is 16.5. The molecule has 0 aromatic heterocycles. The fraction of sp³-hybridized carbons (Fsp3) is 0.231. The van der Waals surface area contributed by atoms with E-state index in [0.717, 1.165) is 5.56 Å². The van der Waals surface area contributed by atoms with Crippen molar-refractivity contribution in [3.63, 3.8) is 0 Å². The van der Waals surface area contributed by atoms with E-state index in [0.29, 0.717) is 16.9 Å². The van der Waals surface area contributed by atoms with E-state index < -0.39 is 0 Å². The van der Waals surface area contributed by atoms with E-state index >= 15 is 0 Å². The zero-order valence-electron chi connectivity index (χ0n) is 9.24. The minimum absolute atomic E-state index is 0.0364. The molecule has 0 fully saturated rings. The summed E-state index contributed by atoms with van der Waals surface area (Å²) in [7, 11) is 1.52. The van der Waals surface area contributed by atoms with E-state index in [2.05, 4.69) is 0 Å². The van der Waals surface area contributed by atoms with Gasteiger partial charge in [0, 0.05) is 17.5 Å². The summed E-state index contributed by atoms with van der Waals surface area (Å²) in [6.07, 6.45) is 0.136. The molecule has 0 bridgehead atoms. The topological polar surface area (TPSA) is 43.4 Å². The standard InChI is InChI=1S/C13H12O3/c1-8(14)7-11-12(15)9-5-3-4-6-10(9)13(11)16-2/h3-6H,7H2,1-2H3. The van der Waals surface area contributed by atoms with Gasteiger partial charge in [0.25, 0.3) is 0 Å². The fourth-order valence-corrected chi connectivity index (χ4v) is 1.95. The monoisotopic (exact) mass is 216 g/mol. The van der Waals surface area contributed by atoms with Crippen LogP contribution < -0.4 is 0 Å². The summed E-state index contributed by atoms with van der Waals surface area (Å²) in [5, 5.41) is 0. The molecule has 16 heavy (non-hydrogen) atoms. The van der Waals surface area contributed by atoms with Crippen molar-refractivity contribution in [3.05, 3.63) is 41.0 Å². The summed E-state index contributed by atoms with van der Waals surface area (Å²) in [6.45, 7) is 1.47. The summed E-state index contributed by atoms with van der Waals surface area (Å²) in [6, 6.07) is 7.24. The lowest BCUT2D eigenvalue weighted by atomic mass is 10.1. The van der Waals surface area contributed by atoms with Gasteiger partial charge < -0.3 is 4.74 Å². The number of fused-ring (bicyclic) bond motifs is 1. The Morgan fingerprint density at radius 2 is 1.88 bits per heavy atom. The summed E-state index contributed by atoms with van der Waals surface area (Å²) in [5.74, 6) is 0.407. The van der Waals surface area contributed by atoms with Gasteiger partial charge in [-0.1, -0.05) is 24.3 Å². The van der Waals surface area contributed by atoms with E-state index in [4.69, 9.17) is 4.74 Å².